The highest BCUT2D eigenvalue weighted by molar-refractivity contribution is 9.10. The van der Waals surface area contributed by atoms with E-state index in [1.807, 2.05) is 0 Å². The minimum atomic E-state index is -4.67. The van der Waals surface area contributed by atoms with Gasteiger partial charge in [-0.2, -0.15) is 13.2 Å². The van der Waals surface area contributed by atoms with Gasteiger partial charge in [-0.3, -0.25) is 4.79 Å². The first-order valence-corrected chi connectivity index (χ1v) is 6.23. The van der Waals surface area contributed by atoms with Crippen LogP contribution in [0.3, 0.4) is 0 Å². The fourth-order valence-corrected chi connectivity index (χ4v) is 1.82. The van der Waals surface area contributed by atoms with Gasteiger partial charge in [0.15, 0.2) is 0 Å². The second kappa shape index (κ2) is 5.76. The molecule has 1 N–H and O–H groups in total. The molecule has 0 aromatic carbocycles. The molecule has 1 amide bonds. The van der Waals surface area contributed by atoms with Crippen LogP contribution in [-0.2, 0) is 6.18 Å². The molecule has 0 spiro atoms. The van der Waals surface area contributed by atoms with E-state index in [4.69, 9.17) is 0 Å². The third-order valence-electron chi connectivity index (χ3n) is 2.28. The van der Waals surface area contributed by atoms with Gasteiger partial charge in [0.05, 0.1) is 6.20 Å². The molecule has 4 nitrogen and oxygen atoms in total. The predicted octanol–water partition coefficient (Wildman–Crippen LogP) is 3.65. The predicted molar refractivity (Wildman–Crippen MR) is 69.1 cm³/mol. The molecule has 0 atom stereocenters. The van der Waals surface area contributed by atoms with Crippen molar-refractivity contribution in [2.45, 2.75) is 6.18 Å². The van der Waals surface area contributed by atoms with Gasteiger partial charge in [0, 0.05) is 4.47 Å². The number of anilines is 1. The normalized spacial score (nSPS) is 11.3. The van der Waals surface area contributed by atoms with Crippen molar-refractivity contribution in [1.29, 1.82) is 0 Å². The molecule has 0 radical (unpaired) electrons. The van der Waals surface area contributed by atoms with Crippen LogP contribution in [0.15, 0.2) is 34.9 Å². The Morgan fingerprint density at radius 2 is 1.95 bits per heavy atom. The van der Waals surface area contributed by atoms with Crippen LogP contribution in [0.5, 0.6) is 0 Å². The maximum absolute atomic E-state index is 12.7. The minimum absolute atomic E-state index is 0.00302. The second-order valence-corrected chi connectivity index (χ2v) is 4.79. The fraction of sp³-hybridized carbons (Fsp3) is 0.0833. The summed E-state index contributed by atoms with van der Waals surface area (Å²) < 4.78 is 50.6. The van der Waals surface area contributed by atoms with Gasteiger partial charge >= 0.3 is 6.18 Å². The van der Waals surface area contributed by atoms with Crippen LogP contribution < -0.4 is 5.32 Å². The summed E-state index contributed by atoms with van der Waals surface area (Å²) in [5, 5.41) is 2.22. The molecule has 0 aliphatic carbocycles. The van der Waals surface area contributed by atoms with Gasteiger partial charge in [-0.25, -0.2) is 14.4 Å². The minimum Gasteiger partial charge on any atom is -0.305 e. The number of nitrogens with zero attached hydrogens (tertiary/aromatic N) is 2. The average molecular weight is 364 g/mol. The lowest BCUT2D eigenvalue weighted by Gasteiger charge is -2.09. The van der Waals surface area contributed by atoms with Gasteiger partial charge in [-0.05, 0) is 24.3 Å². The Hall–Kier alpha value is -2.03. The van der Waals surface area contributed by atoms with Gasteiger partial charge in [-0.1, -0.05) is 15.9 Å². The number of carbonyl (C=O) groups excluding carboxylic acids is 1. The van der Waals surface area contributed by atoms with Gasteiger partial charge in [0.1, 0.15) is 23.0 Å². The summed E-state index contributed by atoms with van der Waals surface area (Å²) in [4.78, 5) is 18.7. The third-order valence-corrected chi connectivity index (χ3v) is 2.74. The first kappa shape index (κ1) is 15.4. The molecule has 2 heterocycles. The lowest BCUT2D eigenvalue weighted by molar-refractivity contribution is -0.141. The highest BCUT2D eigenvalue weighted by atomic mass is 79.9. The van der Waals surface area contributed by atoms with E-state index in [1.54, 1.807) is 0 Å². The van der Waals surface area contributed by atoms with Crippen LogP contribution in [0, 0.1) is 5.82 Å². The second-order valence-electron chi connectivity index (χ2n) is 3.87. The topological polar surface area (TPSA) is 54.9 Å². The van der Waals surface area contributed by atoms with Gasteiger partial charge in [-0.15, -0.1) is 0 Å². The van der Waals surface area contributed by atoms with Crippen LogP contribution >= 0.6 is 15.9 Å². The highest BCUT2D eigenvalue weighted by Crippen LogP contribution is 2.29. The maximum Gasteiger partial charge on any atom is 0.433 e. The Kier molecular flexibility index (Phi) is 4.21. The number of nitrogens with one attached hydrogen (secondary N) is 1. The molecule has 21 heavy (non-hydrogen) atoms. The molecule has 110 valence electrons. The summed E-state index contributed by atoms with van der Waals surface area (Å²) in [6.07, 6.45) is -3.81. The van der Waals surface area contributed by atoms with E-state index in [2.05, 4.69) is 31.2 Å². The SMILES string of the molecule is O=C(Nc1ccc(F)cn1)c1cc(Br)cc(C(F)(F)F)n1. The molecule has 2 aromatic rings. The van der Waals surface area contributed by atoms with Gasteiger partial charge in [0.25, 0.3) is 5.91 Å². The van der Waals surface area contributed by atoms with Crippen LogP contribution in [0.25, 0.3) is 0 Å². The van der Waals surface area contributed by atoms with E-state index in [1.165, 1.54) is 6.07 Å². The average Bonchev–Trinajstić information content (AvgIpc) is 2.39. The van der Waals surface area contributed by atoms with Crippen LogP contribution in [0.4, 0.5) is 23.4 Å². The molecule has 0 saturated heterocycles. The standard InChI is InChI=1S/C12H6BrF4N3O/c13-6-3-8(19-9(4-6)12(15,16)17)11(21)20-10-2-1-7(14)5-18-10/h1-5H,(H,18,20,21). The Balaban J connectivity index is 2.27. The van der Waals surface area contributed by atoms with E-state index in [9.17, 15) is 22.4 Å². The Labute approximate surface area is 124 Å². The maximum atomic E-state index is 12.7. The Bertz CT molecular complexity index is 673. The van der Waals surface area contributed by atoms with E-state index in [0.29, 0.717) is 0 Å². The van der Waals surface area contributed by atoms with Crippen molar-refractivity contribution < 1.29 is 22.4 Å². The lowest BCUT2D eigenvalue weighted by Crippen LogP contribution is -2.17. The van der Waals surface area contributed by atoms with E-state index < -0.39 is 29.3 Å². The number of hydrogen-bond acceptors (Lipinski definition) is 3. The summed E-state index contributed by atoms with van der Waals surface area (Å²) >= 11 is 2.88. The Morgan fingerprint density at radius 1 is 1.24 bits per heavy atom. The molecule has 0 aliphatic heterocycles. The number of carbonyl (C=O) groups is 1. The number of rotatable bonds is 2. The summed E-state index contributed by atoms with van der Waals surface area (Å²) in [6.45, 7) is 0. The molecule has 0 bridgehead atoms. The van der Waals surface area contributed by atoms with Crippen molar-refractivity contribution in [3.05, 3.63) is 52.1 Å². The van der Waals surface area contributed by atoms with Crippen LogP contribution in [-0.4, -0.2) is 15.9 Å². The number of amides is 1. The summed E-state index contributed by atoms with van der Waals surface area (Å²) in [7, 11) is 0. The van der Waals surface area contributed by atoms with E-state index in [0.717, 1.165) is 24.4 Å². The van der Waals surface area contributed by atoms with Crippen molar-refractivity contribution in [1.82, 2.24) is 9.97 Å². The van der Waals surface area contributed by atoms with Crippen molar-refractivity contribution in [3.8, 4) is 0 Å². The zero-order valence-electron chi connectivity index (χ0n) is 10.1. The molecule has 0 fully saturated rings. The van der Waals surface area contributed by atoms with E-state index in [-0.39, 0.29) is 10.3 Å². The van der Waals surface area contributed by atoms with Crippen molar-refractivity contribution >= 4 is 27.7 Å². The van der Waals surface area contributed by atoms with Gasteiger partial charge < -0.3 is 5.32 Å². The largest absolute Gasteiger partial charge is 0.433 e. The third kappa shape index (κ3) is 3.97. The fourth-order valence-electron chi connectivity index (χ4n) is 1.39. The zero-order valence-corrected chi connectivity index (χ0v) is 11.7. The smallest absolute Gasteiger partial charge is 0.305 e. The van der Waals surface area contributed by atoms with Crippen molar-refractivity contribution in [2.24, 2.45) is 0 Å². The molecule has 2 rings (SSSR count). The van der Waals surface area contributed by atoms with Crippen molar-refractivity contribution in [3.63, 3.8) is 0 Å². The number of aromatic nitrogens is 2. The first-order chi connectivity index (χ1) is 9.75. The summed E-state index contributed by atoms with van der Waals surface area (Å²) in [5.74, 6) is -1.49. The molecule has 2 aromatic heterocycles. The molecule has 0 saturated carbocycles. The van der Waals surface area contributed by atoms with Gasteiger partial charge in [0.2, 0.25) is 0 Å². The summed E-state index contributed by atoms with van der Waals surface area (Å²) in [5.41, 5.74) is -1.64. The molecule has 0 unspecified atom stereocenters. The monoisotopic (exact) mass is 363 g/mol. The molecule has 9 heteroatoms. The Morgan fingerprint density at radius 3 is 2.52 bits per heavy atom. The number of hydrogen-bond donors (Lipinski definition) is 1. The highest BCUT2D eigenvalue weighted by Gasteiger charge is 2.33. The number of pyridine rings is 2. The van der Waals surface area contributed by atoms with Crippen LogP contribution in [0.2, 0.25) is 0 Å². The van der Waals surface area contributed by atoms with E-state index >= 15 is 0 Å². The molecule has 0 aliphatic rings. The summed E-state index contributed by atoms with van der Waals surface area (Å²) in [6, 6.07) is 4.12. The number of halogens is 5. The quantitative estimate of drug-likeness (QED) is 0.828. The van der Waals surface area contributed by atoms with Crippen LogP contribution in [0.1, 0.15) is 16.2 Å². The number of alkyl halides is 3. The van der Waals surface area contributed by atoms with Crippen molar-refractivity contribution in [2.75, 3.05) is 5.32 Å². The first-order valence-electron chi connectivity index (χ1n) is 5.43. The zero-order chi connectivity index (χ0) is 15.6. The molecular weight excluding hydrogens is 358 g/mol. The molecular formula is C12H6BrF4N3O. The lowest BCUT2D eigenvalue weighted by atomic mass is 10.3.